The maximum Gasteiger partial charge on any atom is 0.0795 e. The van der Waals surface area contributed by atoms with E-state index >= 15 is 0 Å². The highest BCUT2D eigenvalue weighted by Crippen LogP contribution is 2.01. The molecule has 0 heterocycles. The summed E-state index contributed by atoms with van der Waals surface area (Å²) in [5.41, 5.74) is 0. The molecule has 10 heavy (non-hydrogen) atoms. The van der Waals surface area contributed by atoms with E-state index in [2.05, 4.69) is 6.58 Å². The first kappa shape index (κ1) is 9.62. The molecule has 0 aromatic rings. The normalized spacial score (nSPS) is 16.3. The van der Waals surface area contributed by atoms with Crippen LogP contribution in [0.15, 0.2) is 12.7 Å². The molecular formula is C7H14O3. The van der Waals surface area contributed by atoms with Crippen molar-refractivity contribution >= 4 is 0 Å². The molecule has 0 aliphatic carbocycles. The first-order valence-electron chi connectivity index (χ1n) is 3.28. The Morgan fingerprint density at radius 2 is 1.90 bits per heavy atom. The average molecular weight is 146 g/mol. The minimum Gasteiger partial charge on any atom is -0.394 e. The molecule has 0 bridgehead atoms. The van der Waals surface area contributed by atoms with Gasteiger partial charge >= 0.3 is 0 Å². The fourth-order valence-electron chi connectivity index (χ4n) is 0.677. The predicted octanol–water partition coefficient (Wildman–Crippen LogP) is -0.333. The standard InChI is InChI=1S/C7H14O3/c1-2-3-6(9)4-7(10)5-8/h2,6-10H,1,3-5H2/t6-,7-/m0/s1. The van der Waals surface area contributed by atoms with Crippen LogP contribution in [0.25, 0.3) is 0 Å². The molecule has 3 nitrogen and oxygen atoms in total. The Bertz CT molecular complexity index is 92.9. The molecular weight excluding hydrogens is 132 g/mol. The van der Waals surface area contributed by atoms with Crippen LogP contribution in [-0.2, 0) is 0 Å². The molecule has 60 valence electrons. The van der Waals surface area contributed by atoms with Crippen molar-refractivity contribution in [1.82, 2.24) is 0 Å². The largest absolute Gasteiger partial charge is 0.394 e. The molecule has 0 saturated carbocycles. The van der Waals surface area contributed by atoms with Gasteiger partial charge in [-0.2, -0.15) is 0 Å². The van der Waals surface area contributed by atoms with Gasteiger partial charge in [0.15, 0.2) is 0 Å². The second-order valence-corrected chi connectivity index (χ2v) is 2.25. The summed E-state index contributed by atoms with van der Waals surface area (Å²) < 4.78 is 0. The van der Waals surface area contributed by atoms with Crippen LogP contribution in [0.3, 0.4) is 0 Å². The van der Waals surface area contributed by atoms with Crippen LogP contribution < -0.4 is 0 Å². The lowest BCUT2D eigenvalue weighted by Gasteiger charge is -2.10. The van der Waals surface area contributed by atoms with Crippen LogP contribution in [-0.4, -0.2) is 34.1 Å². The van der Waals surface area contributed by atoms with Gasteiger partial charge in [0.05, 0.1) is 18.8 Å². The van der Waals surface area contributed by atoms with Gasteiger partial charge < -0.3 is 15.3 Å². The predicted molar refractivity (Wildman–Crippen MR) is 38.5 cm³/mol. The van der Waals surface area contributed by atoms with Crippen molar-refractivity contribution in [1.29, 1.82) is 0 Å². The highest BCUT2D eigenvalue weighted by molar-refractivity contribution is 4.73. The van der Waals surface area contributed by atoms with Gasteiger partial charge in [-0.25, -0.2) is 0 Å². The Balaban J connectivity index is 3.35. The van der Waals surface area contributed by atoms with Gasteiger partial charge in [-0.1, -0.05) is 6.08 Å². The Morgan fingerprint density at radius 1 is 1.30 bits per heavy atom. The molecule has 0 aromatic carbocycles. The third kappa shape index (κ3) is 4.49. The lowest BCUT2D eigenvalue weighted by Crippen LogP contribution is -2.20. The molecule has 2 atom stereocenters. The SMILES string of the molecule is C=CC[C@H](O)C[C@H](O)CO. The van der Waals surface area contributed by atoms with Gasteiger partial charge in [0.1, 0.15) is 0 Å². The first-order chi connectivity index (χ1) is 4.70. The van der Waals surface area contributed by atoms with Gasteiger partial charge in [-0.05, 0) is 6.42 Å². The van der Waals surface area contributed by atoms with Gasteiger partial charge in [-0.15, -0.1) is 6.58 Å². The van der Waals surface area contributed by atoms with E-state index in [-0.39, 0.29) is 13.0 Å². The summed E-state index contributed by atoms with van der Waals surface area (Å²) in [6, 6.07) is 0. The fraction of sp³-hybridized carbons (Fsp3) is 0.714. The highest BCUT2D eigenvalue weighted by Gasteiger charge is 2.08. The van der Waals surface area contributed by atoms with Crippen molar-refractivity contribution in [3.8, 4) is 0 Å². The monoisotopic (exact) mass is 146 g/mol. The zero-order chi connectivity index (χ0) is 7.98. The molecule has 0 spiro atoms. The molecule has 0 aliphatic rings. The Kier molecular flexibility index (Phi) is 5.20. The van der Waals surface area contributed by atoms with E-state index in [1.807, 2.05) is 0 Å². The topological polar surface area (TPSA) is 60.7 Å². The van der Waals surface area contributed by atoms with Crippen molar-refractivity contribution in [3.05, 3.63) is 12.7 Å². The van der Waals surface area contributed by atoms with Crippen molar-refractivity contribution in [3.63, 3.8) is 0 Å². The summed E-state index contributed by atoms with van der Waals surface area (Å²) in [5, 5.41) is 26.2. The quantitative estimate of drug-likeness (QED) is 0.465. The molecule has 0 fully saturated rings. The van der Waals surface area contributed by atoms with E-state index < -0.39 is 12.2 Å². The number of rotatable bonds is 5. The summed E-state index contributed by atoms with van der Waals surface area (Å²) in [7, 11) is 0. The molecule has 3 N–H and O–H groups in total. The lowest BCUT2D eigenvalue weighted by atomic mass is 10.1. The molecule has 0 radical (unpaired) electrons. The van der Waals surface area contributed by atoms with Crippen LogP contribution in [0.5, 0.6) is 0 Å². The average Bonchev–Trinajstić information content (AvgIpc) is 1.88. The van der Waals surface area contributed by atoms with E-state index in [0.717, 1.165) is 0 Å². The van der Waals surface area contributed by atoms with Gasteiger partial charge in [0.25, 0.3) is 0 Å². The maximum absolute atomic E-state index is 9.01. The third-order valence-electron chi connectivity index (χ3n) is 1.19. The van der Waals surface area contributed by atoms with Crippen molar-refractivity contribution < 1.29 is 15.3 Å². The van der Waals surface area contributed by atoms with Crippen LogP contribution in [0.1, 0.15) is 12.8 Å². The maximum atomic E-state index is 9.01. The molecule has 0 amide bonds. The number of hydrogen-bond donors (Lipinski definition) is 3. The Hall–Kier alpha value is -0.380. The molecule has 3 heteroatoms. The third-order valence-corrected chi connectivity index (χ3v) is 1.19. The van der Waals surface area contributed by atoms with Gasteiger partial charge in [0.2, 0.25) is 0 Å². The zero-order valence-electron chi connectivity index (χ0n) is 5.90. The molecule has 0 saturated heterocycles. The van der Waals surface area contributed by atoms with Crippen LogP contribution >= 0.6 is 0 Å². The fourth-order valence-corrected chi connectivity index (χ4v) is 0.677. The van der Waals surface area contributed by atoms with Crippen molar-refractivity contribution in [2.24, 2.45) is 0 Å². The summed E-state index contributed by atoms with van der Waals surface area (Å²) in [6.45, 7) is 3.13. The van der Waals surface area contributed by atoms with E-state index in [9.17, 15) is 0 Å². The van der Waals surface area contributed by atoms with E-state index in [4.69, 9.17) is 15.3 Å². The molecule has 0 unspecified atom stereocenters. The smallest absolute Gasteiger partial charge is 0.0795 e. The first-order valence-corrected chi connectivity index (χ1v) is 3.28. The number of hydrogen-bond acceptors (Lipinski definition) is 3. The highest BCUT2D eigenvalue weighted by atomic mass is 16.3. The second kappa shape index (κ2) is 5.41. The van der Waals surface area contributed by atoms with Crippen molar-refractivity contribution in [2.75, 3.05) is 6.61 Å². The number of aliphatic hydroxyl groups excluding tert-OH is 3. The lowest BCUT2D eigenvalue weighted by molar-refractivity contribution is 0.0428. The summed E-state index contributed by atoms with van der Waals surface area (Å²) in [5.74, 6) is 0. The summed E-state index contributed by atoms with van der Waals surface area (Å²) >= 11 is 0. The summed E-state index contributed by atoms with van der Waals surface area (Å²) in [6.07, 6.45) is 0.850. The Morgan fingerprint density at radius 3 is 2.30 bits per heavy atom. The number of aliphatic hydroxyl groups is 3. The Labute approximate surface area is 60.6 Å². The van der Waals surface area contributed by atoms with Crippen LogP contribution in [0.4, 0.5) is 0 Å². The van der Waals surface area contributed by atoms with E-state index in [1.165, 1.54) is 0 Å². The molecule has 0 aromatic heterocycles. The van der Waals surface area contributed by atoms with Crippen LogP contribution in [0, 0.1) is 0 Å². The van der Waals surface area contributed by atoms with Crippen LogP contribution in [0.2, 0.25) is 0 Å². The molecule has 0 aliphatic heterocycles. The zero-order valence-corrected chi connectivity index (χ0v) is 5.90. The minimum atomic E-state index is -0.810. The van der Waals surface area contributed by atoms with Crippen molar-refractivity contribution in [2.45, 2.75) is 25.0 Å². The molecule has 0 rings (SSSR count). The second-order valence-electron chi connectivity index (χ2n) is 2.25. The van der Waals surface area contributed by atoms with E-state index in [1.54, 1.807) is 6.08 Å². The minimum absolute atomic E-state index is 0.211. The summed E-state index contributed by atoms with van der Waals surface area (Å²) in [4.78, 5) is 0. The van der Waals surface area contributed by atoms with E-state index in [0.29, 0.717) is 6.42 Å². The van der Waals surface area contributed by atoms with Gasteiger partial charge in [0, 0.05) is 6.42 Å². The van der Waals surface area contributed by atoms with Gasteiger partial charge in [-0.3, -0.25) is 0 Å².